The number of halogens is 1. The highest BCUT2D eigenvalue weighted by Crippen LogP contribution is 2.33. The number of ether oxygens (including phenoxy) is 1. The highest BCUT2D eigenvalue weighted by Gasteiger charge is 2.10. The lowest BCUT2D eigenvalue weighted by atomic mass is 10.2. The van der Waals surface area contributed by atoms with Gasteiger partial charge in [-0.3, -0.25) is 4.79 Å². The number of anilines is 2. The monoisotopic (exact) mass is 409 g/mol. The maximum atomic E-state index is 12.3. The van der Waals surface area contributed by atoms with Gasteiger partial charge in [-0.05, 0) is 42.0 Å². The molecule has 29 heavy (non-hydrogen) atoms. The van der Waals surface area contributed by atoms with Crippen molar-refractivity contribution in [2.75, 3.05) is 10.6 Å². The van der Waals surface area contributed by atoms with Crippen molar-refractivity contribution in [2.45, 2.75) is 13.5 Å². The Balaban J connectivity index is 1.63. The van der Waals surface area contributed by atoms with E-state index in [0.29, 0.717) is 34.4 Å². The van der Waals surface area contributed by atoms with Crippen molar-refractivity contribution in [1.29, 1.82) is 0 Å². The molecule has 0 radical (unpaired) electrons. The summed E-state index contributed by atoms with van der Waals surface area (Å²) in [5.74, 6) is 0.824. The number of carbonyl (C=O) groups excluding carboxylic acids is 2. The van der Waals surface area contributed by atoms with Crippen LogP contribution in [-0.4, -0.2) is 11.9 Å². The zero-order chi connectivity index (χ0) is 20.6. The lowest BCUT2D eigenvalue weighted by Gasteiger charge is -2.14. The molecule has 0 saturated heterocycles. The third-order valence-electron chi connectivity index (χ3n) is 3.89. The summed E-state index contributed by atoms with van der Waals surface area (Å²) >= 11 is 6.14. The minimum Gasteiger partial charge on any atom is -0.454 e. The standard InChI is InChI=1S/C22H20ClN3O3/c1-15(27)25-17-8-6-7-16(13-17)14-24-22(28)26-19-10-3-5-12-21(19)29-20-11-4-2-9-18(20)23/h2-13H,14H2,1H3,(H,25,27)(H2,24,26,28). The molecule has 3 rings (SSSR count). The summed E-state index contributed by atoms with van der Waals surface area (Å²) < 4.78 is 5.84. The quantitative estimate of drug-likeness (QED) is 0.509. The molecule has 0 atom stereocenters. The Morgan fingerprint density at radius 1 is 0.897 bits per heavy atom. The highest BCUT2D eigenvalue weighted by atomic mass is 35.5. The highest BCUT2D eigenvalue weighted by molar-refractivity contribution is 6.32. The molecule has 148 valence electrons. The van der Waals surface area contributed by atoms with Crippen molar-refractivity contribution in [2.24, 2.45) is 0 Å². The van der Waals surface area contributed by atoms with Crippen LogP contribution in [-0.2, 0) is 11.3 Å². The largest absolute Gasteiger partial charge is 0.454 e. The molecule has 3 aromatic rings. The lowest BCUT2D eigenvalue weighted by Crippen LogP contribution is -2.28. The molecule has 0 heterocycles. The summed E-state index contributed by atoms with van der Waals surface area (Å²) in [5.41, 5.74) is 2.04. The Morgan fingerprint density at radius 2 is 1.62 bits per heavy atom. The first kappa shape index (κ1) is 20.2. The van der Waals surface area contributed by atoms with Crippen LogP contribution in [0.25, 0.3) is 0 Å². The van der Waals surface area contributed by atoms with Gasteiger partial charge in [-0.1, -0.05) is 48.0 Å². The predicted molar refractivity (Wildman–Crippen MR) is 115 cm³/mol. The molecule has 0 spiro atoms. The lowest BCUT2D eigenvalue weighted by molar-refractivity contribution is -0.114. The van der Waals surface area contributed by atoms with Crippen molar-refractivity contribution >= 4 is 34.9 Å². The van der Waals surface area contributed by atoms with E-state index in [1.54, 1.807) is 42.5 Å². The molecule has 0 aliphatic heterocycles. The molecular formula is C22H20ClN3O3. The number of hydrogen-bond donors (Lipinski definition) is 3. The van der Waals surface area contributed by atoms with Gasteiger partial charge in [0.05, 0.1) is 10.7 Å². The van der Waals surface area contributed by atoms with Gasteiger partial charge in [0, 0.05) is 19.2 Å². The van der Waals surface area contributed by atoms with Crippen molar-refractivity contribution < 1.29 is 14.3 Å². The Morgan fingerprint density at radius 3 is 2.38 bits per heavy atom. The Bertz CT molecular complexity index is 1020. The number of urea groups is 1. The van der Waals surface area contributed by atoms with Crippen LogP contribution in [0, 0.1) is 0 Å². The van der Waals surface area contributed by atoms with Crippen LogP contribution in [0.2, 0.25) is 5.02 Å². The van der Waals surface area contributed by atoms with E-state index in [1.807, 2.05) is 30.3 Å². The van der Waals surface area contributed by atoms with E-state index >= 15 is 0 Å². The number of amides is 3. The number of nitrogens with one attached hydrogen (secondary N) is 3. The summed E-state index contributed by atoms with van der Waals surface area (Å²) in [6.07, 6.45) is 0. The molecule has 0 fully saturated rings. The van der Waals surface area contributed by atoms with Crippen LogP contribution in [0.5, 0.6) is 11.5 Å². The fourth-order valence-corrected chi connectivity index (χ4v) is 2.79. The number of carbonyl (C=O) groups is 2. The molecule has 0 saturated carbocycles. The van der Waals surface area contributed by atoms with E-state index in [1.165, 1.54) is 6.92 Å². The molecule has 0 aromatic heterocycles. The second-order valence-corrected chi connectivity index (χ2v) is 6.63. The van der Waals surface area contributed by atoms with Crippen molar-refractivity contribution in [3.63, 3.8) is 0 Å². The van der Waals surface area contributed by atoms with Gasteiger partial charge in [0.2, 0.25) is 5.91 Å². The van der Waals surface area contributed by atoms with Gasteiger partial charge in [-0.15, -0.1) is 0 Å². The molecule has 3 N–H and O–H groups in total. The Hall–Kier alpha value is -3.51. The zero-order valence-electron chi connectivity index (χ0n) is 15.7. The summed E-state index contributed by atoms with van der Waals surface area (Å²) in [5, 5.41) is 8.76. The minimum atomic E-state index is -0.384. The molecule has 0 aliphatic carbocycles. The van der Waals surface area contributed by atoms with Gasteiger partial charge in [-0.2, -0.15) is 0 Å². The van der Waals surface area contributed by atoms with Gasteiger partial charge in [0.25, 0.3) is 0 Å². The predicted octanol–water partition coefficient (Wildman–Crippen LogP) is 5.41. The van der Waals surface area contributed by atoms with E-state index < -0.39 is 0 Å². The van der Waals surface area contributed by atoms with E-state index in [-0.39, 0.29) is 11.9 Å². The first-order valence-electron chi connectivity index (χ1n) is 8.94. The maximum Gasteiger partial charge on any atom is 0.319 e. The Kier molecular flexibility index (Phi) is 6.71. The van der Waals surface area contributed by atoms with Crippen molar-refractivity contribution in [3.8, 4) is 11.5 Å². The SMILES string of the molecule is CC(=O)Nc1cccc(CNC(=O)Nc2ccccc2Oc2ccccc2Cl)c1. The summed E-state index contributed by atoms with van der Waals surface area (Å²) in [4.78, 5) is 23.5. The van der Waals surface area contributed by atoms with Gasteiger partial charge < -0.3 is 20.7 Å². The second kappa shape index (κ2) is 9.61. The number of rotatable bonds is 6. The van der Waals surface area contributed by atoms with Gasteiger partial charge in [0.15, 0.2) is 5.75 Å². The summed E-state index contributed by atoms with van der Waals surface area (Å²) in [7, 11) is 0. The maximum absolute atomic E-state index is 12.3. The van der Waals surface area contributed by atoms with Crippen LogP contribution in [0.15, 0.2) is 72.8 Å². The fraction of sp³-hybridized carbons (Fsp3) is 0.0909. The topological polar surface area (TPSA) is 79.5 Å². The summed E-state index contributed by atoms with van der Waals surface area (Å²) in [6, 6.07) is 21.1. The van der Waals surface area contributed by atoms with Gasteiger partial charge in [0.1, 0.15) is 5.75 Å². The normalized spacial score (nSPS) is 10.1. The first-order chi connectivity index (χ1) is 14.0. The average Bonchev–Trinajstić information content (AvgIpc) is 2.69. The van der Waals surface area contributed by atoms with Gasteiger partial charge >= 0.3 is 6.03 Å². The first-order valence-corrected chi connectivity index (χ1v) is 9.32. The van der Waals surface area contributed by atoms with Crippen LogP contribution in [0.4, 0.5) is 16.2 Å². The molecule has 3 aromatic carbocycles. The third-order valence-corrected chi connectivity index (χ3v) is 4.20. The van der Waals surface area contributed by atoms with E-state index in [0.717, 1.165) is 5.56 Å². The number of para-hydroxylation sites is 3. The molecule has 7 heteroatoms. The van der Waals surface area contributed by atoms with Crippen LogP contribution in [0.3, 0.4) is 0 Å². The van der Waals surface area contributed by atoms with Crippen molar-refractivity contribution in [1.82, 2.24) is 5.32 Å². The molecule has 0 unspecified atom stereocenters. The third kappa shape index (κ3) is 5.99. The molecule has 0 bridgehead atoms. The minimum absolute atomic E-state index is 0.150. The molecule has 0 aliphatic rings. The van der Waals surface area contributed by atoms with E-state index in [2.05, 4.69) is 16.0 Å². The van der Waals surface area contributed by atoms with Crippen LogP contribution < -0.4 is 20.7 Å². The van der Waals surface area contributed by atoms with Crippen LogP contribution >= 0.6 is 11.6 Å². The second-order valence-electron chi connectivity index (χ2n) is 6.22. The Labute approximate surface area is 173 Å². The smallest absolute Gasteiger partial charge is 0.319 e. The molecular weight excluding hydrogens is 390 g/mol. The van der Waals surface area contributed by atoms with Crippen molar-refractivity contribution in [3.05, 3.63) is 83.4 Å². The fourth-order valence-electron chi connectivity index (χ4n) is 2.62. The number of hydrogen-bond acceptors (Lipinski definition) is 3. The van der Waals surface area contributed by atoms with Gasteiger partial charge in [-0.25, -0.2) is 4.79 Å². The van der Waals surface area contributed by atoms with E-state index in [9.17, 15) is 9.59 Å². The summed E-state index contributed by atoms with van der Waals surface area (Å²) in [6.45, 7) is 1.74. The van der Waals surface area contributed by atoms with E-state index in [4.69, 9.17) is 16.3 Å². The molecule has 3 amide bonds. The average molecular weight is 410 g/mol. The number of benzene rings is 3. The van der Waals surface area contributed by atoms with Crippen LogP contribution in [0.1, 0.15) is 12.5 Å². The zero-order valence-corrected chi connectivity index (χ0v) is 16.5. The molecule has 6 nitrogen and oxygen atoms in total.